The summed E-state index contributed by atoms with van der Waals surface area (Å²) in [5.74, 6) is 3.06. The van der Waals surface area contributed by atoms with Gasteiger partial charge in [0.2, 0.25) is 5.91 Å². The fourth-order valence-corrected chi connectivity index (χ4v) is 4.45. The third kappa shape index (κ3) is 4.27. The zero-order valence-corrected chi connectivity index (χ0v) is 17.0. The summed E-state index contributed by atoms with van der Waals surface area (Å²) in [6.45, 7) is 5.31. The van der Waals surface area contributed by atoms with E-state index in [1.54, 1.807) is 0 Å². The summed E-state index contributed by atoms with van der Waals surface area (Å²) in [6.07, 6.45) is 4.52. The molecule has 2 aliphatic rings. The molecule has 3 heterocycles. The monoisotopic (exact) mass is 402 g/mol. The summed E-state index contributed by atoms with van der Waals surface area (Å²) in [4.78, 5) is 14.6. The Morgan fingerprint density at radius 3 is 2.89 bits per heavy atom. The molecule has 0 unspecified atom stereocenters. The SMILES string of the molecule is CCN(Cc1ccc2c(c1)OCCO2)C(=O)CSc1nnc2n1CCCCC2. The van der Waals surface area contributed by atoms with E-state index in [2.05, 4.69) is 14.8 Å². The van der Waals surface area contributed by atoms with Gasteiger partial charge < -0.3 is 18.9 Å². The van der Waals surface area contributed by atoms with Crippen molar-refractivity contribution in [2.75, 3.05) is 25.5 Å². The van der Waals surface area contributed by atoms with Crippen LogP contribution in [0.2, 0.25) is 0 Å². The van der Waals surface area contributed by atoms with Crippen molar-refractivity contribution >= 4 is 17.7 Å². The Labute approximate surface area is 169 Å². The minimum Gasteiger partial charge on any atom is -0.486 e. The molecule has 150 valence electrons. The quantitative estimate of drug-likeness (QED) is 0.692. The molecule has 0 aliphatic carbocycles. The molecule has 0 N–H and O–H groups in total. The molecule has 0 radical (unpaired) electrons. The maximum absolute atomic E-state index is 12.8. The van der Waals surface area contributed by atoms with Gasteiger partial charge in [0.05, 0.1) is 5.75 Å². The number of hydrogen-bond acceptors (Lipinski definition) is 6. The fraction of sp³-hybridized carbons (Fsp3) is 0.550. The van der Waals surface area contributed by atoms with E-state index >= 15 is 0 Å². The first kappa shape index (κ1) is 19.1. The molecular formula is C20H26N4O3S. The molecule has 0 saturated heterocycles. The van der Waals surface area contributed by atoms with Gasteiger partial charge in [-0.2, -0.15) is 0 Å². The van der Waals surface area contributed by atoms with Crippen LogP contribution in [-0.2, 0) is 24.3 Å². The number of aryl methyl sites for hydroxylation is 1. The molecule has 28 heavy (non-hydrogen) atoms. The van der Waals surface area contributed by atoms with Crippen LogP contribution in [0.4, 0.5) is 0 Å². The average molecular weight is 403 g/mol. The lowest BCUT2D eigenvalue weighted by Crippen LogP contribution is -2.32. The van der Waals surface area contributed by atoms with Gasteiger partial charge in [-0.25, -0.2) is 0 Å². The van der Waals surface area contributed by atoms with Gasteiger partial charge in [-0.15, -0.1) is 10.2 Å². The number of fused-ring (bicyclic) bond motifs is 2. The predicted molar refractivity (Wildman–Crippen MR) is 107 cm³/mol. The lowest BCUT2D eigenvalue weighted by molar-refractivity contribution is -0.128. The Bertz CT molecular complexity index is 839. The van der Waals surface area contributed by atoms with Gasteiger partial charge in [0.1, 0.15) is 19.0 Å². The van der Waals surface area contributed by atoms with Crippen molar-refractivity contribution in [1.82, 2.24) is 19.7 Å². The lowest BCUT2D eigenvalue weighted by atomic mass is 10.2. The Hall–Kier alpha value is -2.22. The molecule has 0 bridgehead atoms. The van der Waals surface area contributed by atoms with Crippen LogP contribution >= 0.6 is 11.8 Å². The van der Waals surface area contributed by atoms with Crippen molar-refractivity contribution in [2.45, 2.75) is 50.9 Å². The number of amides is 1. The number of hydrogen-bond donors (Lipinski definition) is 0. The molecule has 1 aromatic carbocycles. The van der Waals surface area contributed by atoms with Gasteiger partial charge in [-0.3, -0.25) is 4.79 Å². The molecule has 7 nitrogen and oxygen atoms in total. The molecular weight excluding hydrogens is 376 g/mol. The molecule has 0 saturated carbocycles. The maximum Gasteiger partial charge on any atom is 0.233 e. The number of rotatable bonds is 6. The van der Waals surface area contributed by atoms with E-state index in [9.17, 15) is 4.79 Å². The van der Waals surface area contributed by atoms with Gasteiger partial charge in [0.25, 0.3) is 0 Å². The molecule has 2 aromatic rings. The smallest absolute Gasteiger partial charge is 0.233 e. The van der Waals surface area contributed by atoms with E-state index < -0.39 is 0 Å². The van der Waals surface area contributed by atoms with Gasteiger partial charge in [-0.05, 0) is 37.5 Å². The van der Waals surface area contributed by atoms with Crippen LogP contribution in [0.1, 0.15) is 37.6 Å². The standard InChI is InChI=1S/C20H26N4O3S/c1-2-23(13-15-7-8-16-17(12-15)27-11-10-26-16)19(25)14-28-20-22-21-18-6-4-3-5-9-24(18)20/h7-8,12H,2-6,9-11,13-14H2,1H3. The second kappa shape index (κ2) is 8.86. The van der Waals surface area contributed by atoms with E-state index in [1.807, 2.05) is 30.0 Å². The molecule has 0 fully saturated rings. The fourth-order valence-electron chi connectivity index (χ4n) is 3.57. The number of nitrogens with zero attached hydrogens (tertiary/aromatic N) is 4. The highest BCUT2D eigenvalue weighted by atomic mass is 32.2. The van der Waals surface area contributed by atoms with E-state index in [0.717, 1.165) is 47.4 Å². The maximum atomic E-state index is 12.8. The lowest BCUT2D eigenvalue weighted by Gasteiger charge is -2.23. The number of aromatic nitrogens is 3. The van der Waals surface area contributed by atoms with Gasteiger partial charge >= 0.3 is 0 Å². The van der Waals surface area contributed by atoms with Crippen LogP contribution in [0, 0.1) is 0 Å². The number of carbonyl (C=O) groups is 1. The summed E-state index contributed by atoms with van der Waals surface area (Å²) in [6, 6.07) is 5.88. The zero-order valence-electron chi connectivity index (χ0n) is 16.2. The third-order valence-corrected chi connectivity index (χ3v) is 6.07. The second-order valence-corrected chi connectivity index (χ2v) is 7.98. The highest BCUT2D eigenvalue weighted by Gasteiger charge is 2.19. The van der Waals surface area contributed by atoms with Crippen molar-refractivity contribution in [2.24, 2.45) is 0 Å². The Morgan fingerprint density at radius 1 is 1.18 bits per heavy atom. The van der Waals surface area contributed by atoms with Gasteiger partial charge in [0.15, 0.2) is 16.7 Å². The first-order chi connectivity index (χ1) is 13.7. The molecule has 4 rings (SSSR count). The first-order valence-electron chi connectivity index (χ1n) is 9.96. The molecule has 1 amide bonds. The summed E-state index contributed by atoms with van der Waals surface area (Å²) in [5.41, 5.74) is 1.04. The van der Waals surface area contributed by atoms with Gasteiger partial charge in [-0.1, -0.05) is 24.2 Å². The highest BCUT2D eigenvalue weighted by Crippen LogP contribution is 2.31. The Balaban J connectivity index is 1.37. The molecule has 0 atom stereocenters. The number of thioether (sulfide) groups is 1. The summed E-state index contributed by atoms with van der Waals surface area (Å²) < 4.78 is 13.4. The molecule has 8 heteroatoms. The topological polar surface area (TPSA) is 69.5 Å². The Kier molecular flexibility index (Phi) is 6.04. The van der Waals surface area contributed by atoms with E-state index in [1.165, 1.54) is 24.6 Å². The minimum absolute atomic E-state index is 0.105. The van der Waals surface area contributed by atoms with Crippen molar-refractivity contribution in [3.05, 3.63) is 29.6 Å². The minimum atomic E-state index is 0.105. The summed E-state index contributed by atoms with van der Waals surface area (Å²) in [5, 5.41) is 9.48. The van der Waals surface area contributed by atoms with E-state index in [-0.39, 0.29) is 5.91 Å². The summed E-state index contributed by atoms with van der Waals surface area (Å²) in [7, 11) is 0. The van der Waals surface area contributed by atoms with Crippen molar-refractivity contribution in [3.63, 3.8) is 0 Å². The normalized spacial score (nSPS) is 15.6. The number of carbonyl (C=O) groups excluding carboxylic acids is 1. The van der Waals surface area contributed by atoms with Crippen molar-refractivity contribution < 1.29 is 14.3 Å². The second-order valence-electron chi connectivity index (χ2n) is 7.04. The molecule has 2 aliphatic heterocycles. The van der Waals surface area contributed by atoms with Crippen LogP contribution in [0.25, 0.3) is 0 Å². The molecule has 0 spiro atoms. The molecule has 1 aromatic heterocycles. The van der Waals surface area contributed by atoms with Crippen molar-refractivity contribution in [1.29, 1.82) is 0 Å². The van der Waals surface area contributed by atoms with Gasteiger partial charge in [0, 0.05) is 26.1 Å². The Morgan fingerprint density at radius 2 is 2.04 bits per heavy atom. The summed E-state index contributed by atoms with van der Waals surface area (Å²) >= 11 is 1.49. The van der Waals surface area contributed by atoms with Crippen LogP contribution in [0.3, 0.4) is 0 Å². The van der Waals surface area contributed by atoms with Crippen LogP contribution in [0.15, 0.2) is 23.4 Å². The van der Waals surface area contributed by atoms with E-state index in [0.29, 0.717) is 32.1 Å². The third-order valence-electron chi connectivity index (χ3n) is 5.11. The highest BCUT2D eigenvalue weighted by molar-refractivity contribution is 7.99. The van der Waals surface area contributed by atoms with E-state index in [4.69, 9.17) is 9.47 Å². The van der Waals surface area contributed by atoms with Crippen LogP contribution in [-0.4, -0.2) is 51.1 Å². The average Bonchev–Trinajstić information content (AvgIpc) is 2.96. The van der Waals surface area contributed by atoms with Crippen LogP contribution in [0.5, 0.6) is 11.5 Å². The number of ether oxygens (including phenoxy) is 2. The largest absolute Gasteiger partial charge is 0.486 e. The predicted octanol–water partition coefficient (Wildman–Crippen LogP) is 2.92. The van der Waals surface area contributed by atoms with Crippen molar-refractivity contribution in [3.8, 4) is 11.5 Å². The van der Waals surface area contributed by atoms with Crippen LogP contribution < -0.4 is 9.47 Å². The zero-order chi connectivity index (χ0) is 19.3. The number of benzene rings is 1. The first-order valence-corrected chi connectivity index (χ1v) is 10.9.